The van der Waals surface area contributed by atoms with E-state index < -0.39 is 5.97 Å². The molecule has 4 nitrogen and oxygen atoms in total. The van der Waals surface area contributed by atoms with E-state index >= 15 is 0 Å². The van der Waals surface area contributed by atoms with Gasteiger partial charge in [0.15, 0.2) is 0 Å². The molecule has 1 unspecified atom stereocenters. The van der Waals surface area contributed by atoms with Crippen LogP contribution in [0.1, 0.15) is 23.3 Å². The number of aromatic carboxylic acids is 1. The molecule has 1 atom stereocenters. The molecule has 0 radical (unpaired) electrons. The van der Waals surface area contributed by atoms with Crippen LogP contribution in [0, 0.1) is 0 Å². The Morgan fingerprint density at radius 3 is 3.24 bits per heavy atom. The molecule has 2 aromatic heterocycles. The van der Waals surface area contributed by atoms with Crippen LogP contribution in [0.4, 0.5) is 0 Å². The molecule has 17 heavy (non-hydrogen) atoms. The Bertz CT molecular complexity index is 551. The van der Waals surface area contributed by atoms with Gasteiger partial charge in [-0.25, -0.2) is 4.79 Å². The fraction of sp³-hybridized carbons (Fsp3) is 0.417. The zero-order valence-electron chi connectivity index (χ0n) is 9.26. The smallest absolute Gasteiger partial charge is 0.352 e. The first-order valence-electron chi connectivity index (χ1n) is 5.67. The average molecular weight is 251 g/mol. The normalized spacial score (nSPS) is 20.1. The first kappa shape index (κ1) is 10.8. The van der Waals surface area contributed by atoms with E-state index in [1.54, 1.807) is 17.4 Å². The Morgan fingerprint density at radius 2 is 2.53 bits per heavy atom. The maximum Gasteiger partial charge on any atom is 0.352 e. The second-order valence-electron chi connectivity index (χ2n) is 4.25. The Balaban J connectivity index is 2.01. The van der Waals surface area contributed by atoms with Crippen molar-refractivity contribution in [1.29, 1.82) is 0 Å². The Kier molecular flexibility index (Phi) is 2.64. The molecule has 0 aliphatic carbocycles. The summed E-state index contributed by atoms with van der Waals surface area (Å²) in [5.41, 5.74) is 1.37. The number of nitrogens with zero attached hydrogens (tertiary/aromatic N) is 1. The van der Waals surface area contributed by atoms with Crippen molar-refractivity contribution in [3.63, 3.8) is 0 Å². The van der Waals surface area contributed by atoms with Crippen LogP contribution in [0.3, 0.4) is 0 Å². The van der Waals surface area contributed by atoms with Gasteiger partial charge in [-0.2, -0.15) is 0 Å². The monoisotopic (exact) mass is 251 g/mol. The SMILES string of the molecule is O=C(O)c1cc2sccc2n1CC1CCCO1. The van der Waals surface area contributed by atoms with Crippen molar-refractivity contribution in [3.05, 3.63) is 23.2 Å². The first-order valence-corrected chi connectivity index (χ1v) is 6.55. The highest BCUT2D eigenvalue weighted by atomic mass is 32.1. The number of rotatable bonds is 3. The van der Waals surface area contributed by atoms with Crippen molar-refractivity contribution >= 4 is 27.5 Å². The maximum absolute atomic E-state index is 11.2. The van der Waals surface area contributed by atoms with E-state index in [4.69, 9.17) is 4.74 Å². The summed E-state index contributed by atoms with van der Waals surface area (Å²) in [6, 6.07) is 3.72. The summed E-state index contributed by atoms with van der Waals surface area (Å²) < 4.78 is 8.47. The van der Waals surface area contributed by atoms with Gasteiger partial charge >= 0.3 is 5.97 Å². The number of carboxylic acid groups (broad SMARTS) is 1. The number of carbonyl (C=O) groups is 1. The van der Waals surface area contributed by atoms with Crippen molar-refractivity contribution in [2.45, 2.75) is 25.5 Å². The van der Waals surface area contributed by atoms with E-state index in [9.17, 15) is 9.90 Å². The molecule has 1 saturated heterocycles. The molecule has 5 heteroatoms. The highest BCUT2D eigenvalue weighted by Gasteiger charge is 2.21. The summed E-state index contributed by atoms with van der Waals surface area (Å²) in [6.45, 7) is 1.43. The largest absolute Gasteiger partial charge is 0.477 e. The van der Waals surface area contributed by atoms with Crippen LogP contribution in [0.2, 0.25) is 0 Å². The minimum Gasteiger partial charge on any atom is -0.477 e. The Morgan fingerprint density at radius 1 is 1.65 bits per heavy atom. The molecule has 90 valence electrons. The molecule has 3 heterocycles. The molecule has 0 saturated carbocycles. The third-order valence-electron chi connectivity index (χ3n) is 3.15. The van der Waals surface area contributed by atoms with Crippen molar-refractivity contribution in [2.24, 2.45) is 0 Å². The summed E-state index contributed by atoms with van der Waals surface area (Å²) in [5.74, 6) is -0.869. The molecule has 0 bridgehead atoms. The third kappa shape index (κ3) is 1.85. The minimum absolute atomic E-state index is 0.156. The van der Waals surface area contributed by atoms with E-state index in [1.165, 1.54) is 0 Å². The fourth-order valence-corrected chi connectivity index (χ4v) is 3.17. The topological polar surface area (TPSA) is 51.5 Å². The minimum atomic E-state index is -0.869. The number of thiophene rings is 1. The van der Waals surface area contributed by atoms with Crippen molar-refractivity contribution in [2.75, 3.05) is 6.61 Å². The molecule has 3 rings (SSSR count). The zero-order valence-corrected chi connectivity index (χ0v) is 10.1. The van der Waals surface area contributed by atoms with Crippen molar-refractivity contribution in [1.82, 2.24) is 4.57 Å². The first-order chi connectivity index (χ1) is 8.25. The van der Waals surface area contributed by atoms with E-state index in [-0.39, 0.29) is 6.10 Å². The standard InChI is InChI=1S/C12H13NO3S/c14-12(15)10-6-11-9(3-5-17-11)13(10)7-8-2-1-4-16-8/h3,5-6,8H,1-2,4,7H2,(H,14,15). The lowest BCUT2D eigenvalue weighted by Crippen LogP contribution is -2.18. The summed E-state index contributed by atoms with van der Waals surface area (Å²) in [4.78, 5) is 11.2. The molecule has 0 aromatic carbocycles. The number of ether oxygens (including phenoxy) is 1. The van der Waals surface area contributed by atoms with Gasteiger partial charge in [0.05, 0.1) is 16.3 Å². The molecular formula is C12H13NO3S. The number of fused-ring (bicyclic) bond motifs is 1. The highest BCUT2D eigenvalue weighted by molar-refractivity contribution is 7.17. The zero-order chi connectivity index (χ0) is 11.8. The van der Waals surface area contributed by atoms with Crippen LogP contribution >= 0.6 is 11.3 Å². The predicted molar refractivity (Wildman–Crippen MR) is 65.7 cm³/mol. The summed E-state index contributed by atoms with van der Waals surface area (Å²) in [7, 11) is 0. The van der Waals surface area contributed by atoms with Crippen LogP contribution in [0.15, 0.2) is 17.5 Å². The molecular weight excluding hydrogens is 238 g/mol. The molecule has 1 fully saturated rings. The van der Waals surface area contributed by atoms with Gasteiger partial charge in [-0.3, -0.25) is 0 Å². The van der Waals surface area contributed by atoms with Gasteiger partial charge in [-0.1, -0.05) is 0 Å². The van der Waals surface area contributed by atoms with Crippen molar-refractivity contribution < 1.29 is 14.6 Å². The molecule has 1 aliphatic heterocycles. The van der Waals surface area contributed by atoms with Gasteiger partial charge in [0.25, 0.3) is 0 Å². The van der Waals surface area contributed by atoms with Gasteiger partial charge in [-0.05, 0) is 30.4 Å². The van der Waals surface area contributed by atoms with Crippen LogP contribution in [0.5, 0.6) is 0 Å². The van der Waals surface area contributed by atoms with Gasteiger partial charge in [0.1, 0.15) is 5.69 Å². The second-order valence-corrected chi connectivity index (χ2v) is 5.20. The van der Waals surface area contributed by atoms with Crippen LogP contribution in [0.25, 0.3) is 10.2 Å². The molecule has 1 N–H and O–H groups in total. The maximum atomic E-state index is 11.2. The van der Waals surface area contributed by atoms with Gasteiger partial charge in [-0.15, -0.1) is 11.3 Å². The van der Waals surface area contributed by atoms with Gasteiger partial charge in [0, 0.05) is 13.2 Å². The average Bonchev–Trinajstić information content (AvgIpc) is 2.96. The lowest BCUT2D eigenvalue weighted by molar-refractivity contribution is 0.0672. The third-order valence-corrected chi connectivity index (χ3v) is 4.01. The lowest BCUT2D eigenvalue weighted by Gasteiger charge is -2.13. The van der Waals surface area contributed by atoms with E-state index in [2.05, 4.69) is 0 Å². The number of carboxylic acids is 1. The Labute approximate surface area is 102 Å². The summed E-state index contributed by atoms with van der Waals surface area (Å²) in [6.07, 6.45) is 2.24. The predicted octanol–water partition coefficient (Wildman–Crippen LogP) is 2.58. The second kappa shape index (κ2) is 4.16. The molecule has 2 aromatic rings. The molecule has 1 aliphatic rings. The van der Waals surface area contributed by atoms with Crippen LogP contribution in [-0.2, 0) is 11.3 Å². The number of hydrogen-bond donors (Lipinski definition) is 1. The van der Waals surface area contributed by atoms with E-state index in [1.807, 2.05) is 16.0 Å². The quantitative estimate of drug-likeness (QED) is 0.912. The van der Waals surface area contributed by atoms with E-state index in [0.29, 0.717) is 12.2 Å². The summed E-state index contributed by atoms with van der Waals surface area (Å²) in [5, 5.41) is 11.2. The highest BCUT2D eigenvalue weighted by Crippen LogP contribution is 2.27. The fourth-order valence-electron chi connectivity index (χ4n) is 2.34. The molecule has 0 amide bonds. The van der Waals surface area contributed by atoms with Crippen LogP contribution in [-0.4, -0.2) is 28.4 Å². The van der Waals surface area contributed by atoms with Gasteiger partial charge in [0.2, 0.25) is 0 Å². The lowest BCUT2D eigenvalue weighted by atomic mass is 10.2. The summed E-state index contributed by atoms with van der Waals surface area (Å²) >= 11 is 1.57. The number of hydrogen-bond acceptors (Lipinski definition) is 3. The number of aromatic nitrogens is 1. The van der Waals surface area contributed by atoms with Crippen LogP contribution < -0.4 is 0 Å². The molecule has 0 spiro atoms. The van der Waals surface area contributed by atoms with E-state index in [0.717, 1.165) is 29.7 Å². The van der Waals surface area contributed by atoms with Crippen molar-refractivity contribution in [3.8, 4) is 0 Å². The Hall–Kier alpha value is -1.33. The van der Waals surface area contributed by atoms with Gasteiger partial charge < -0.3 is 14.4 Å².